The predicted octanol–water partition coefficient (Wildman–Crippen LogP) is 0.542. The molecule has 3 heteroatoms. The lowest BCUT2D eigenvalue weighted by molar-refractivity contribution is -0.130. The van der Waals surface area contributed by atoms with Crippen LogP contribution in [0, 0.1) is 5.92 Å². The molecule has 1 rings (SSSR count). The molecule has 1 heterocycles. The molecule has 0 aliphatic carbocycles. The molecule has 1 unspecified atom stereocenters. The van der Waals surface area contributed by atoms with E-state index < -0.39 is 5.60 Å². The normalized spacial score (nSPS) is 28.4. The van der Waals surface area contributed by atoms with Crippen molar-refractivity contribution in [3.63, 3.8) is 0 Å². The Hall–Kier alpha value is -0.410. The number of nitrogens with zero attached hydrogens (tertiary/aromatic N) is 1. The zero-order valence-electron chi connectivity index (χ0n) is 8.26. The van der Waals surface area contributed by atoms with Gasteiger partial charge in [0.2, 0.25) is 0 Å². The second-order valence-electron chi connectivity index (χ2n) is 4.14. The van der Waals surface area contributed by atoms with E-state index in [1.807, 2.05) is 32.8 Å². The second-order valence-corrected chi connectivity index (χ2v) is 4.14. The molecule has 0 bridgehead atoms. The highest BCUT2D eigenvalue weighted by Gasteiger charge is 2.41. The quantitative estimate of drug-likeness (QED) is 0.607. The van der Waals surface area contributed by atoms with Gasteiger partial charge in [-0.2, -0.15) is 0 Å². The fourth-order valence-corrected chi connectivity index (χ4v) is 1.52. The van der Waals surface area contributed by atoms with Crippen LogP contribution in [0.3, 0.4) is 0 Å². The molecule has 3 nitrogen and oxygen atoms in total. The van der Waals surface area contributed by atoms with Gasteiger partial charge in [0.15, 0.2) is 5.78 Å². The van der Waals surface area contributed by atoms with Crippen LogP contribution in [0.4, 0.5) is 0 Å². The van der Waals surface area contributed by atoms with Gasteiger partial charge in [-0.25, -0.2) is 0 Å². The Labute approximate surface area is 73.7 Å². The smallest absolute Gasteiger partial charge is 0.170 e. The zero-order chi connectivity index (χ0) is 9.35. The minimum atomic E-state index is -0.555. The average Bonchev–Trinajstić information content (AvgIpc) is 2.15. The van der Waals surface area contributed by atoms with E-state index in [1.54, 1.807) is 0 Å². The van der Waals surface area contributed by atoms with E-state index in [9.17, 15) is 4.79 Å². The Kier molecular flexibility index (Phi) is 2.54. The number of ether oxygens (including phenoxy) is 1. The minimum absolute atomic E-state index is 0.0648. The molecule has 0 amide bonds. The van der Waals surface area contributed by atoms with Gasteiger partial charge >= 0.3 is 0 Å². The van der Waals surface area contributed by atoms with E-state index in [0.717, 1.165) is 6.54 Å². The third kappa shape index (κ3) is 1.84. The van der Waals surface area contributed by atoms with Crippen LogP contribution in [-0.4, -0.2) is 43.5 Å². The van der Waals surface area contributed by atoms with Crippen LogP contribution in [0.5, 0.6) is 0 Å². The van der Waals surface area contributed by atoms with Crippen molar-refractivity contribution in [3.8, 4) is 0 Å². The van der Waals surface area contributed by atoms with Crippen LogP contribution < -0.4 is 0 Å². The van der Waals surface area contributed by atoms with Crippen LogP contribution in [-0.2, 0) is 9.53 Å². The summed E-state index contributed by atoms with van der Waals surface area (Å²) in [4.78, 5) is 13.6. The molecular formula is C9H17NO2. The van der Waals surface area contributed by atoms with Crippen molar-refractivity contribution < 1.29 is 9.53 Å². The van der Waals surface area contributed by atoms with E-state index in [-0.39, 0.29) is 11.7 Å². The molecule has 0 aromatic carbocycles. The summed E-state index contributed by atoms with van der Waals surface area (Å²) >= 11 is 0. The number of carbonyl (C=O) groups is 1. The summed E-state index contributed by atoms with van der Waals surface area (Å²) in [6, 6.07) is 0. The maximum atomic E-state index is 11.6. The molecule has 1 fully saturated rings. The Balaban J connectivity index is 2.56. The summed E-state index contributed by atoms with van der Waals surface area (Å²) in [6.07, 6.45) is 0. The number of ketones is 1. The highest BCUT2D eigenvalue weighted by atomic mass is 16.5. The fourth-order valence-electron chi connectivity index (χ4n) is 1.52. The standard InChI is InChI=1S/C9H17NO2/c1-9(2)8(11)7(6-12-9)5-10(3)4/h7H,5-6H2,1-4H3. The molecule has 1 aliphatic rings. The fraction of sp³-hybridized carbons (Fsp3) is 0.889. The van der Waals surface area contributed by atoms with Gasteiger partial charge in [-0.1, -0.05) is 0 Å². The lowest BCUT2D eigenvalue weighted by Gasteiger charge is -2.16. The SMILES string of the molecule is CN(C)CC1COC(C)(C)C1=O. The maximum absolute atomic E-state index is 11.6. The molecule has 0 aromatic heterocycles. The molecule has 1 saturated heterocycles. The number of carbonyl (C=O) groups excluding carboxylic acids is 1. The third-order valence-corrected chi connectivity index (χ3v) is 2.20. The van der Waals surface area contributed by atoms with Crippen molar-refractivity contribution in [1.82, 2.24) is 4.90 Å². The molecule has 0 radical (unpaired) electrons. The summed E-state index contributed by atoms with van der Waals surface area (Å²) in [6.45, 7) is 5.04. The van der Waals surface area contributed by atoms with Crippen LogP contribution in [0.2, 0.25) is 0 Å². The molecule has 1 aliphatic heterocycles. The van der Waals surface area contributed by atoms with Gasteiger partial charge in [-0.15, -0.1) is 0 Å². The number of hydrogen-bond donors (Lipinski definition) is 0. The molecule has 0 spiro atoms. The summed E-state index contributed by atoms with van der Waals surface area (Å²) < 4.78 is 5.39. The van der Waals surface area contributed by atoms with Gasteiger partial charge in [-0.05, 0) is 27.9 Å². The first-order valence-corrected chi connectivity index (χ1v) is 4.26. The van der Waals surface area contributed by atoms with Crippen LogP contribution in [0.25, 0.3) is 0 Å². The number of Topliss-reactive ketones (excluding diaryl/α,β-unsaturated/α-hetero) is 1. The van der Waals surface area contributed by atoms with Gasteiger partial charge in [0.1, 0.15) is 5.60 Å². The Morgan fingerprint density at radius 2 is 2.17 bits per heavy atom. The van der Waals surface area contributed by atoms with E-state index in [0.29, 0.717) is 6.61 Å². The van der Waals surface area contributed by atoms with E-state index in [1.165, 1.54) is 0 Å². The molecular weight excluding hydrogens is 154 g/mol. The first kappa shape index (κ1) is 9.68. The van der Waals surface area contributed by atoms with Crippen LogP contribution in [0.15, 0.2) is 0 Å². The van der Waals surface area contributed by atoms with E-state index in [2.05, 4.69) is 0 Å². The average molecular weight is 171 g/mol. The van der Waals surface area contributed by atoms with Gasteiger partial charge in [0.25, 0.3) is 0 Å². The minimum Gasteiger partial charge on any atom is -0.367 e. The van der Waals surface area contributed by atoms with E-state index >= 15 is 0 Å². The molecule has 12 heavy (non-hydrogen) atoms. The van der Waals surface area contributed by atoms with Gasteiger partial charge < -0.3 is 9.64 Å². The predicted molar refractivity (Wildman–Crippen MR) is 47.1 cm³/mol. The molecule has 70 valence electrons. The highest BCUT2D eigenvalue weighted by molar-refractivity contribution is 5.90. The highest BCUT2D eigenvalue weighted by Crippen LogP contribution is 2.25. The summed E-state index contributed by atoms with van der Waals surface area (Å²) in [7, 11) is 3.94. The van der Waals surface area contributed by atoms with Crippen molar-refractivity contribution in [3.05, 3.63) is 0 Å². The third-order valence-electron chi connectivity index (χ3n) is 2.20. The molecule has 1 atom stereocenters. The first-order chi connectivity index (χ1) is 5.43. The number of rotatable bonds is 2. The van der Waals surface area contributed by atoms with Crippen LogP contribution >= 0.6 is 0 Å². The topological polar surface area (TPSA) is 29.5 Å². The molecule has 0 saturated carbocycles. The lowest BCUT2D eigenvalue weighted by atomic mass is 9.96. The Morgan fingerprint density at radius 3 is 2.50 bits per heavy atom. The zero-order valence-corrected chi connectivity index (χ0v) is 8.26. The van der Waals surface area contributed by atoms with Crippen molar-refractivity contribution in [2.45, 2.75) is 19.4 Å². The largest absolute Gasteiger partial charge is 0.367 e. The van der Waals surface area contributed by atoms with Crippen molar-refractivity contribution >= 4 is 5.78 Å². The molecule has 0 aromatic rings. The monoisotopic (exact) mass is 171 g/mol. The first-order valence-electron chi connectivity index (χ1n) is 4.26. The lowest BCUT2D eigenvalue weighted by Crippen LogP contribution is -2.33. The van der Waals surface area contributed by atoms with Crippen molar-refractivity contribution in [2.75, 3.05) is 27.2 Å². The summed E-state index contributed by atoms with van der Waals surface area (Å²) in [5.74, 6) is 0.297. The molecule has 0 N–H and O–H groups in total. The summed E-state index contributed by atoms with van der Waals surface area (Å²) in [5, 5.41) is 0. The maximum Gasteiger partial charge on any atom is 0.170 e. The van der Waals surface area contributed by atoms with Crippen molar-refractivity contribution in [1.29, 1.82) is 0 Å². The number of hydrogen-bond acceptors (Lipinski definition) is 3. The Bertz CT molecular complexity index is 187. The Morgan fingerprint density at radius 1 is 1.58 bits per heavy atom. The second kappa shape index (κ2) is 3.15. The van der Waals surface area contributed by atoms with E-state index in [4.69, 9.17) is 4.74 Å². The summed E-state index contributed by atoms with van der Waals surface area (Å²) in [5.41, 5.74) is -0.555. The van der Waals surface area contributed by atoms with Gasteiger partial charge in [-0.3, -0.25) is 4.79 Å². The van der Waals surface area contributed by atoms with Gasteiger partial charge in [0, 0.05) is 6.54 Å². The van der Waals surface area contributed by atoms with Gasteiger partial charge in [0.05, 0.1) is 12.5 Å². The van der Waals surface area contributed by atoms with Crippen LogP contribution in [0.1, 0.15) is 13.8 Å². The van der Waals surface area contributed by atoms with Crippen molar-refractivity contribution in [2.24, 2.45) is 5.92 Å².